The molecular weight excluding hydrogens is 220 g/mol. The summed E-state index contributed by atoms with van der Waals surface area (Å²) in [4.78, 5) is 22.9. The van der Waals surface area contributed by atoms with Crippen LogP contribution in [-0.2, 0) is 15.1 Å². The molecular formula is C12H16N2O3. The van der Waals surface area contributed by atoms with Crippen LogP contribution in [0.3, 0.4) is 0 Å². The highest BCUT2D eigenvalue weighted by atomic mass is 16.4. The normalized spacial score (nSPS) is 15.7. The summed E-state index contributed by atoms with van der Waals surface area (Å²) in [5.41, 5.74) is 4.45. The number of carboxylic acid groups (broad SMARTS) is 1. The largest absolute Gasteiger partial charge is 0.479 e. The molecule has 0 saturated carbocycles. The van der Waals surface area contributed by atoms with Crippen LogP contribution in [0.25, 0.3) is 0 Å². The molecule has 5 heteroatoms. The number of nitrogens with two attached hydrogens (primary N) is 1. The van der Waals surface area contributed by atoms with Crippen LogP contribution in [0.2, 0.25) is 0 Å². The molecule has 1 aromatic rings. The number of carbonyl (C=O) groups is 2. The van der Waals surface area contributed by atoms with Gasteiger partial charge in [-0.2, -0.15) is 0 Å². The molecule has 1 aromatic carbocycles. The summed E-state index contributed by atoms with van der Waals surface area (Å²) in [7, 11) is 0. The zero-order valence-corrected chi connectivity index (χ0v) is 9.81. The zero-order valence-electron chi connectivity index (χ0n) is 9.81. The van der Waals surface area contributed by atoms with Crippen molar-refractivity contribution in [2.24, 2.45) is 5.73 Å². The summed E-state index contributed by atoms with van der Waals surface area (Å²) in [6, 6.07) is 7.75. The molecule has 0 bridgehead atoms. The maximum Gasteiger partial charge on any atom is 0.333 e. The van der Waals surface area contributed by atoms with Crippen LogP contribution >= 0.6 is 0 Å². The van der Waals surface area contributed by atoms with Gasteiger partial charge in [0.1, 0.15) is 0 Å². The Balaban J connectivity index is 3.07. The van der Waals surface area contributed by atoms with Crippen molar-refractivity contribution in [1.29, 1.82) is 0 Å². The van der Waals surface area contributed by atoms with E-state index < -0.39 is 23.5 Å². The Hall–Kier alpha value is -1.88. The van der Waals surface area contributed by atoms with Crippen molar-refractivity contribution in [1.82, 2.24) is 5.32 Å². The maximum atomic E-state index is 11.5. The molecule has 4 N–H and O–H groups in total. The molecule has 5 nitrogen and oxygen atoms in total. The smallest absolute Gasteiger partial charge is 0.333 e. The number of aliphatic carboxylic acids is 1. The van der Waals surface area contributed by atoms with Gasteiger partial charge in [0, 0.05) is 0 Å². The van der Waals surface area contributed by atoms with E-state index in [-0.39, 0.29) is 0 Å². The van der Waals surface area contributed by atoms with Crippen molar-refractivity contribution in [3.8, 4) is 0 Å². The van der Waals surface area contributed by atoms with Gasteiger partial charge in [0.05, 0.1) is 6.04 Å². The topological polar surface area (TPSA) is 92.4 Å². The molecule has 17 heavy (non-hydrogen) atoms. The number of nitrogens with one attached hydrogen (secondary N) is 1. The SMILES string of the molecule is C[C@@H](N)C(=O)NC(C)(C(=O)O)c1ccccc1. The average molecular weight is 236 g/mol. The molecule has 1 rings (SSSR count). The minimum absolute atomic E-state index is 0.501. The molecule has 0 aliphatic carbocycles. The van der Waals surface area contributed by atoms with Crippen LogP contribution < -0.4 is 11.1 Å². The molecule has 0 saturated heterocycles. The lowest BCUT2D eigenvalue weighted by molar-refractivity contribution is -0.147. The van der Waals surface area contributed by atoms with E-state index in [0.29, 0.717) is 5.56 Å². The Kier molecular flexibility index (Phi) is 3.85. The minimum Gasteiger partial charge on any atom is -0.479 e. The highest BCUT2D eigenvalue weighted by molar-refractivity contribution is 5.89. The van der Waals surface area contributed by atoms with Crippen LogP contribution in [-0.4, -0.2) is 23.0 Å². The fourth-order valence-corrected chi connectivity index (χ4v) is 1.38. The fraction of sp³-hybridized carbons (Fsp3) is 0.333. The summed E-state index contributed by atoms with van der Waals surface area (Å²) in [6.45, 7) is 2.94. The van der Waals surface area contributed by atoms with Crippen molar-refractivity contribution in [3.05, 3.63) is 35.9 Å². The van der Waals surface area contributed by atoms with Crippen molar-refractivity contribution < 1.29 is 14.7 Å². The monoisotopic (exact) mass is 236 g/mol. The van der Waals surface area contributed by atoms with Gasteiger partial charge in [-0.3, -0.25) is 4.79 Å². The summed E-state index contributed by atoms with van der Waals surface area (Å²) in [6.07, 6.45) is 0. The Bertz CT molecular complexity index is 417. The number of benzene rings is 1. The number of amides is 1. The maximum absolute atomic E-state index is 11.5. The summed E-state index contributed by atoms with van der Waals surface area (Å²) < 4.78 is 0. The predicted octanol–water partition coefficient (Wildman–Crippen LogP) is 0.450. The van der Waals surface area contributed by atoms with Gasteiger partial charge in [0.15, 0.2) is 5.54 Å². The second kappa shape index (κ2) is 4.97. The van der Waals surface area contributed by atoms with E-state index in [1.165, 1.54) is 13.8 Å². The standard InChI is InChI=1S/C12H16N2O3/c1-8(13)10(15)14-12(2,11(16)17)9-6-4-3-5-7-9/h3-8H,13H2,1-2H3,(H,14,15)(H,16,17)/t8-,12?/m1/s1. The lowest BCUT2D eigenvalue weighted by Crippen LogP contribution is -2.53. The van der Waals surface area contributed by atoms with Crippen molar-refractivity contribution in [2.45, 2.75) is 25.4 Å². The van der Waals surface area contributed by atoms with Crippen LogP contribution in [0.4, 0.5) is 0 Å². The minimum atomic E-state index is -1.47. The quantitative estimate of drug-likeness (QED) is 0.707. The van der Waals surface area contributed by atoms with Gasteiger partial charge in [-0.1, -0.05) is 30.3 Å². The lowest BCUT2D eigenvalue weighted by atomic mass is 9.92. The molecule has 2 atom stereocenters. The van der Waals surface area contributed by atoms with Gasteiger partial charge in [-0.05, 0) is 19.4 Å². The first-order valence-electron chi connectivity index (χ1n) is 5.24. The predicted molar refractivity (Wildman–Crippen MR) is 63.2 cm³/mol. The second-order valence-electron chi connectivity index (χ2n) is 4.07. The molecule has 0 heterocycles. The Morgan fingerprint density at radius 3 is 2.29 bits per heavy atom. The first-order chi connectivity index (χ1) is 7.88. The van der Waals surface area contributed by atoms with Crippen LogP contribution in [0, 0.1) is 0 Å². The number of rotatable bonds is 4. The van der Waals surface area contributed by atoms with E-state index in [9.17, 15) is 14.7 Å². The molecule has 0 aromatic heterocycles. The molecule has 0 spiro atoms. The molecule has 1 unspecified atom stereocenters. The van der Waals surface area contributed by atoms with E-state index in [1.54, 1.807) is 30.3 Å². The molecule has 92 valence electrons. The van der Waals surface area contributed by atoms with E-state index in [1.807, 2.05) is 0 Å². The van der Waals surface area contributed by atoms with Gasteiger partial charge < -0.3 is 16.2 Å². The number of hydrogen-bond acceptors (Lipinski definition) is 3. The summed E-state index contributed by atoms with van der Waals surface area (Å²) in [5, 5.41) is 11.7. The van der Waals surface area contributed by atoms with Crippen LogP contribution in [0.5, 0.6) is 0 Å². The number of carbonyl (C=O) groups excluding carboxylic acids is 1. The Labute approximate surface area is 99.6 Å². The van der Waals surface area contributed by atoms with Gasteiger partial charge in [-0.15, -0.1) is 0 Å². The van der Waals surface area contributed by atoms with E-state index in [0.717, 1.165) is 0 Å². The van der Waals surface area contributed by atoms with Crippen molar-refractivity contribution >= 4 is 11.9 Å². The van der Waals surface area contributed by atoms with Crippen LogP contribution in [0.15, 0.2) is 30.3 Å². The third-order valence-electron chi connectivity index (χ3n) is 2.57. The molecule has 1 amide bonds. The van der Waals surface area contributed by atoms with Crippen LogP contribution in [0.1, 0.15) is 19.4 Å². The molecule has 0 aliphatic heterocycles. The highest BCUT2D eigenvalue weighted by Gasteiger charge is 2.37. The number of carboxylic acids is 1. The zero-order chi connectivity index (χ0) is 13.1. The van der Waals surface area contributed by atoms with Crippen molar-refractivity contribution in [2.75, 3.05) is 0 Å². The summed E-state index contributed by atoms with van der Waals surface area (Å²) >= 11 is 0. The van der Waals surface area contributed by atoms with Gasteiger partial charge in [-0.25, -0.2) is 4.79 Å². The summed E-state index contributed by atoms with van der Waals surface area (Å²) in [5.74, 6) is -1.63. The number of hydrogen-bond donors (Lipinski definition) is 3. The average Bonchev–Trinajstić information content (AvgIpc) is 2.29. The Morgan fingerprint density at radius 2 is 1.88 bits per heavy atom. The third-order valence-corrected chi connectivity index (χ3v) is 2.57. The first kappa shape index (κ1) is 13.2. The lowest BCUT2D eigenvalue weighted by Gasteiger charge is -2.27. The van der Waals surface area contributed by atoms with Crippen molar-refractivity contribution in [3.63, 3.8) is 0 Å². The fourth-order valence-electron chi connectivity index (χ4n) is 1.38. The first-order valence-corrected chi connectivity index (χ1v) is 5.24. The molecule has 0 fully saturated rings. The van der Waals surface area contributed by atoms with E-state index in [2.05, 4.69) is 5.32 Å². The second-order valence-corrected chi connectivity index (χ2v) is 4.07. The third kappa shape index (κ3) is 2.82. The van der Waals surface area contributed by atoms with E-state index in [4.69, 9.17) is 5.73 Å². The van der Waals surface area contributed by atoms with Gasteiger partial charge in [0.25, 0.3) is 0 Å². The molecule has 0 radical (unpaired) electrons. The molecule has 0 aliphatic rings. The highest BCUT2D eigenvalue weighted by Crippen LogP contribution is 2.20. The van der Waals surface area contributed by atoms with Gasteiger partial charge >= 0.3 is 5.97 Å². The van der Waals surface area contributed by atoms with Gasteiger partial charge in [0.2, 0.25) is 5.91 Å². The Morgan fingerprint density at radius 1 is 1.35 bits per heavy atom. The van der Waals surface area contributed by atoms with E-state index >= 15 is 0 Å².